The third-order valence-corrected chi connectivity index (χ3v) is 2.34. The number of hydrogen-bond donors (Lipinski definition) is 1. The molecule has 0 bridgehead atoms. The maximum atomic E-state index is 4.25. The van der Waals surface area contributed by atoms with Crippen molar-refractivity contribution < 1.29 is 0 Å². The minimum Gasteiger partial charge on any atom is -0.346 e. The van der Waals surface area contributed by atoms with Gasteiger partial charge >= 0.3 is 0 Å². The molecule has 1 N–H and O–H groups in total. The number of hydrogen-bond acceptors (Lipinski definition) is 1. The van der Waals surface area contributed by atoms with Crippen molar-refractivity contribution in [3.05, 3.63) is 30.1 Å². The number of fused-ring (bicyclic) bond motifs is 1. The summed E-state index contributed by atoms with van der Waals surface area (Å²) >= 11 is 0. The highest BCUT2D eigenvalue weighted by Gasteiger charge is 2.01. The second-order valence-electron chi connectivity index (χ2n) is 3.32. The van der Waals surface area contributed by atoms with Crippen molar-refractivity contribution in [1.82, 2.24) is 9.97 Å². The topological polar surface area (TPSA) is 28.7 Å². The van der Waals surface area contributed by atoms with E-state index >= 15 is 0 Å². The van der Waals surface area contributed by atoms with Crippen LogP contribution in [-0.2, 0) is 6.42 Å². The Labute approximate surface area is 78.0 Å². The number of aromatic nitrogens is 2. The molecule has 0 aliphatic carbocycles. The Kier molecular flexibility index (Phi) is 2.30. The first kappa shape index (κ1) is 8.30. The Morgan fingerprint density at radius 1 is 1.46 bits per heavy atom. The van der Waals surface area contributed by atoms with Crippen molar-refractivity contribution in [3.8, 4) is 0 Å². The monoisotopic (exact) mass is 174 g/mol. The molecule has 2 aromatic heterocycles. The van der Waals surface area contributed by atoms with Gasteiger partial charge in [0.25, 0.3) is 0 Å². The lowest BCUT2D eigenvalue weighted by molar-refractivity contribution is 0.799. The van der Waals surface area contributed by atoms with Crippen LogP contribution >= 0.6 is 0 Å². The summed E-state index contributed by atoms with van der Waals surface area (Å²) in [7, 11) is 0. The summed E-state index contributed by atoms with van der Waals surface area (Å²) in [6.07, 6.45) is 7.55. The molecule has 0 aliphatic rings. The molecular weight excluding hydrogens is 160 g/mol. The van der Waals surface area contributed by atoms with Gasteiger partial charge in [0, 0.05) is 17.8 Å². The predicted octanol–water partition coefficient (Wildman–Crippen LogP) is 2.91. The number of pyridine rings is 1. The molecule has 0 spiro atoms. The van der Waals surface area contributed by atoms with E-state index in [2.05, 4.69) is 29.2 Å². The lowest BCUT2D eigenvalue weighted by Gasteiger charge is -1.95. The summed E-state index contributed by atoms with van der Waals surface area (Å²) < 4.78 is 0. The highest BCUT2D eigenvalue weighted by molar-refractivity contribution is 5.79. The molecule has 0 fully saturated rings. The van der Waals surface area contributed by atoms with Crippen molar-refractivity contribution >= 4 is 11.0 Å². The number of unbranched alkanes of at least 4 members (excludes halogenated alkanes) is 1. The van der Waals surface area contributed by atoms with Crippen molar-refractivity contribution in [1.29, 1.82) is 0 Å². The van der Waals surface area contributed by atoms with Crippen molar-refractivity contribution in [2.24, 2.45) is 0 Å². The van der Waals surface area contributed by atoms with Crippen LogP contribution in [0.2, 0.25) is 0 Å². The Bertz CT molecular complexity index is 390. The van der Waals surface area contributed by atoms with Crippen LogP contribution in [0.25, 0.3) is 11.0 Å². The fraction of sp³-hybridized carbons (Fsp3) is 0.364. The number of nitrogens with one attached hydrogen (secondary N) is 1. The van der Waals surface area contributed by atoms with Crippen LogP contribution < -0.4 is 0 Å². The number of rotatable bonds is 3. The largest absolute Gasteiger partial charge is 0.346 e. The van der Waals surface area contributed by atoms with Crippen LogP contribution in [0.4, 0.5) is 0 Å². The lowest BCUT2D eigenvalue weighted by Crippen LogP contribution is -1.81. The molecule has 0 radical (unpaired) electrons. The first-order valence-corrected chi connectivity index (χ1v) is 4.83. The molecule has 2 aromatic rings. The second kappa shape index (κ2) is 3.60. The van der Waals surface area contributed by atoms with Gasteiger partial charge in [-0.25, -0.2) is 4.98 Å². The van der Waals surface area contributed by atoms with Crippen molar-refractivity contribution in [3.63, 3.8) is 0 Å². The number of nitrogens with zero attached hydrogens (tertiary/aromatic N) is 1. The Balaban J connectivity index is 2.35. The SMILES string of the molecule is CCCCc1c[nH]c2ncccc12. The lowest BCUT2D eigenvalue weighted by atomic mass is 10.1. The number of H-pyrrole nitrogens is 1. The van der Waals surface area contributed by atoms with E-state index in [9.17, 15) is 0 Å². The zero-order chi connectivity index (χ0) is 9.10. The van der Waals surface area contributed by atoms with Crippen LogP contribution in [0.3, 0.4) is 0 Å². The molecule has 0 aliphatic heterocycles. The summed E-state index contributed by atoms with van der Waals surface area (Å²) in [6.45, 7) is 2.22. The van der Waals surface area contributed by atoms with E-state index in [0.717, 1.165) is 12.1 Å². The Hall–Kier alpha value is -1.31. The highest BCUT2D eigenvalue weighted by Crippen LogP contribution is 2.17. The van der Waals surface area contributed by atoms with Gasteiger partial charge in [-0.2, -0.15) is 0 Å². The Morgan fingerprint density at radius 3 is 3.23 bits per heavy atom. The van der Waals surface area contributed by atoms with Gasteiger partial charge in [-0.05, 0) is 30.5 Å². The molecule has 2 heteroatoms. The van der Waals surface area contributed by atoms with Crippen LogP contribution in [0, 0.1) is 0 Å². The van der Waals surface area contributed by atoms with E-state index in [1.807, 2.05) is 12.3 Å². The molecule has 0 atom stereocenters. The Morgan fingerprint density at radius 2 is 2.38 bits per heavy atom. The molecule has 0 unspecified atom stereocenters. The highest BCUT2D eigenvalue weighted by atomic mass is 14.8. The molecular formula is C11H14N2. The number of aryl methyl sites for hydroxylation is 1. The third-order valence-electron chi connectivity index (χ3n) is 2.34. The molecule has 2 nitrogen and oxygen atoms in total. The zero-order valence-corrected chi connectivity index (χ0v) is 7.88. The van der Waals surface area contributed by atoms with Gasteiger partial charge in [-0.1, -0.05) is 13.3 Å². The van der Waals surface area contributed by atoms with Crippen LogP contribution in [0.5, 0.6) is 0 Å². The van der Waals surface area contributed by atoms with Gasteiger partial charge in [0.05, 0.1) is 0 Å². The summed E-state index contributed by atoms with van der Waals surface area (Å²) in [5.41, 5.74) is 2.40. The maximum absolute atomic E-state index is 4.25. The van der Waals surface area contributed by atoms with E-state index in [4.69, 9.17) is 0 Å². The molecule has 2 heterocycles. The average Bonchev–Trinajstić information content (AvgIpc) is 2.58. The standard InChI is InChI=1S/C11H14N2/c1-2-3-5-9-8-13-11-10(9)6-4-7-12-11/h4,6-8H,2-3,5H2,1H3,(H,12,13). The first-order chi connectivity index (χ1) is 6.42. The molecule has 0 aromatic carbocycles. The first-order valence-electron chi connectivity index (χ1n) is 4.83. The van der Waals surface area contributed by atoms with Crippen LogP contribution in [0.15, 0.2) is 24.5 Å². The van der Waals surface area contributed by atoms with E-state index < -0.39 is 0 Å². The summed E-state index contributed by atoms with van der Waals surface area (Å²) in [6, 6.07) is 4.12. The third kappa shape index (κ3) is 1.57. The predicted molar refractivity (Wildman–Crippen MR) is 54.7 cm³/mol. The minimum atomic E-state index is 1.01. The molecule has 68 valence electrons. The van der Waals surface area contributed by atoms with Crippen molar-refractivity contribution in [2.75, 3.05) is 0 Å². The quantitative estimate of drug-likeness (QED) is 0.761. The van der Waals surface area contributed by atoms with Crippen LogP contribution in [-0.4, -0.2) is 9.97 Å². The molecule has 13 heavy (non-hydrogen) atoms. The van der Waals surface area contributed by atoms with E-state index in [-0.39, 0.29) is 0 Å². The van der Waals surface area contributed by atoms with E-state index in [1.54, 1.807) is 0 Å². The number of aromatic amines is 1. The van der Waals surface area contributed by atoms with Gasteiger partial charge in [0.1, 0.15) is 5.65 Å². The van der Waals surface area contributed by atoms with E-state index in [1.165, 1.54) is 23.8 Å². The molecule has 0 amide bonds. The average molecular weight is 174 g/mol. The van der Waals surface area contributed by atoms with Gasteiger partial charge in [0.15, 0.2) is 0 Å². The van der Waals surface area contributed by atoms with Crippen LogP contribution in [0.1, 0.15) is 25.3 Å². The fourth-order valence-corrected chi connectivity index (χ4v) is 1.59. The summed E-state index contributed by atoms with van der Waals surface area (Å²) in [4.78, 5) is 7.44. The molecule has 2 rings (SSSR count). The van der Waals surface area contributed by atoms with Gasteiger partial charge in [0.2, 0.25) is 0 Å². The molecule has 0 saturated heterocycles. The van der Waals surface area contributed by atoms with E-state index in [0.29, 0.717) is 0 Å². The second-order valence-corrected chi connectivity index (χ2v) is 3.32. The smallest absolute Gasteiger partial charge is 0.137 e. The van der Waals surface area contributed by atoms with Gasteiger partial charge in [-0.3, -0.25) is 0 Å². The van der Waals surface area contributed by atoms with Gasteiger partial charge < -0.3 is 4.98 Å². The fourth-order valence-electron chi connectivity index (χ4n) is 1.59. The minimum absolute atomic E-state index is 1.01. The normalized spacial score (nSPS) is 10.8. The summed E-state index contributed by atoms with van der Waals surface area (Å²) in [5.74, 6) is 0. The zero-order valence-electron chi connectivity index (χ0n) is 7.88. The maximum Gasteiger partial charge on any atom is 0.137 e. The van der Waals surface area contributed by atoms with Crippen molar-refractivity contribution in [2.45, 2.75) is 26.2 Å². The van der Waals surface area contributed by atoms with Gasteiger partial charge in [-0.15, -0.1) is 0 Å². The molecule has 0 saturated carbocycles. The summed E-state index contributed by atoms with van der Waals surface area (Å²) in [5, 5.41) is 1.27.